The Morgan fingerprint density at radius 2 is 2.53 bits per heavy atom. The summed E-state index contributed by atoms with van der Waals surface area (Å²) >= 11 is 1.14. The van der Waals surface area contributed by atoms with E-state index in [0.717, 1.165) is 11.3 Å². The zero-order valence-electron chi connectivity index (χ0n) is 7.54. The highest BCUT2D eigenvalue weighted by molar-refractivity contribution is 7.13. The number of hydrogen-bond acceptors (Lipinski definition) is 5. The molecule has 8 heteroatoms. The third kappa shape index (κ3) is 2.45. The van der Waals surface area contributed by atoms with Crippen molar-refractivity contribution in [2.45, 2.75) is 18.4 Å². The van der Waals surface area contributed by atoms with Crippen molar-refractivity contribution in [1.82, 2.24) is 15.5 Å². The van der Waals surface area contributed by atoms with Gasteiger partial charge in [-0.3, -0.25) is 15.4 Å². The van der Waals surface area contributed by atoms with E-state index in [0.29, 0.717) is 5.13 Å². The molecular formula is C7H8F2N4OS. The number of nitrogens with one attached hydrogen (secondary N) is 2. The number of halogens is 2. The Morgan fingerprint density at radius 3 is 3.07 bits per heavy atom. The Labute approximate surface area is 87.9 Å². The van der Waals surface area contributed by atoms with Crippen molar-refractivity contribution in [3.8, 4) is 0 Å². The summed E-state index contributed by atoms with van der Waals surface area (Å²) in [5.41, 5.74) is 1.45. The van der Waals surface area contributed by atoms with Crippen molar-refractivity contribution < 1.29 is 13.6 Å². The first-order valence-electron chi connectivity index (χ1n) is 4.25. The molecular weight excluding hydrogens is 226 g/mol. The fourth-order valence-corrected chi connectivity index (χ4v) is 1.77. The summed E-state index contributed by atoms with van der Waals surface area (Å²) in [5.74, 6) is -3.30. The molecule has 1 aromatic rings. The monoisotopic (exact) mass is 234 g/mol. The fraction of sp³-hybridized carbons (Fsp3) is 0.571. The van der Waals surface area contributed by atoms with Crippen LogP contribution in [0, 0.1) is 0 Å². The Hall–Kier alpha value is -1.15. The molecule has 1 atom stereocenters. The lowest BCUT2D eigenvalue weighted by Crippen LogP contribution is -2.35. The predicted molar refractivity (Wildman–Crippen MR) is 49.9 cm³/mol. The van der Waals surface area contributed by atoms with Crippen LogP contribution in [0.2, 0.25) is 0 Å². The maximum absolute atomic E-state index is 12.8. The lowest BCUT2D eigenvalue weighted by Gasteiger charge is -2.08. The number of anilines is 1. The maximum atomic E-state index is 12.8. The van der Waals surface area contributed by atoms with Gasteiger partial charge in [-0.2, -0.15) is 0 Å². The van der Waals surface area contributed by atoms with E-state index in [9.17, 15) is 13.6 Å². The van der Waals surface area contributed by atoms with Crippen LogP contribution in [-0.2, 0) is 4.79 Å². The van der Waals surface area contributed by atoms with Crippen LogP contribution in [0.25, 0.3) is 0 Å². The van der Waals surface area contributed by atoms with Crippen LogP contribution in [0.4, 0.5) is 13.9 Å². The van der Waals surface area contributed by atoms with E-state index in [4.69, 9.17) is 0 Å². The quantitative estimate of drug-likeness (QED) is 0.780. The van der Waals surface area contributed by atoms with Crippen LogP contribution < -0.4 is 10.6 Å². The molecule has 0 spiro atoms. The van der Waals surface area contributed by atoms with Gasteiger partial charge in [0.25, 0.3) is 5.92 Å². The van der Waals surface area contributed by atoms with Crippen molar-refractivity contribution in [1.29, 1.82) is 0 Å². The third-order valence-corrected chi connectivity index (χ3v) is 2.62. The van der Waals surface area contributed by atoms with E-state index >= 15 is 0 Å². The average Bonchev–Trinajstić information content (AvgIpc) is 2.74. The van der Waals surface area contributed by atoms with Gasteiger partial charge in [0, 0.05) is 6.42 Å². The van der Waals surface area contributed by atoms with E-state index < -0.39 is 30.8 Å². The SMILES string of the molecule is O=C(Nc1nncs1)C1CC(F)(F)CN1. The summed E-state index contributed by atoms with van der Waals surface area (Å²) in [4.78, 5) is 11.4. The van der Waals surface area contributed by atoms with Crippen LogP contribution in [0.15, 0.2) is 5.51 Å². The standard InChI is InChI=1S/C7H8F2N4OS/c8-7(9)1-4(10-2-7)5(14)12-6-13-11-3-15-6/h3-4,10H,1-2H2,(H,12,13,14). The second-order valence-corrected chi connectivity index (χ2v) is 4.06. The molecule has 0 aliphatic carbocycles. The number of alkyl halides is 2. The van der Waals surface area contributed by atoms with E-state index in [1.165, 1.54) is 5.51 Å². The lowest BCUT2D eigenvalue weighted by atomic mass is 10.2. The number of nitrogens with zero attached hydrogens (tertiary/aromatic N) is 2. The Bertz CT molecular complexity index is 356. The lowest BCUT2D eigenvalue weighted by molar-refractivity contribution is -0.118. The molecule has 1 aliphatic rings. The van der Waals surface area contributed by atoms with Crippen LogP contribution in [0.1, 0.15) is 6.42 Å². The van der Waals surface area contributed by atoms with Crippen LogP contribution >= 0.6 is 11.3 Å². The Morgan fingerprint density at radius 1 is 1.73 bits per heavy atom. The van der Waals surface area contributed by atoms with Gasteiger partial charge in [-0.15, -0.1) is 10.2 Å². The normalized spacial score (nSPS) is 24.0. The molecule has 1 unspecified atom stereocenters. The fourth-order valence-electron chi connectivity index (χ4n) is 1.32. The molecule has 15 heavy (non-hydrogen) atoms. The summed E-state index contributed by atoms with van der Waals surface area (Å²) in [7, 11) is 0. The van der Waals surface area contributed by atoms with Gasteiger partial charge in [-0.25, -0.2) is 8.78 Å². The minimum Gasteiger partial charge on any atom is -0.300 e. The molecule has 2 N–H and O–H groups in total. The van der Waals surface area contributed by atoms with Crippen molar-refractivity contribution >= 4 is 22.4 Å². The maximum Gasteiger partial charge on any atom is 0.262 e. The highest BCUT2D eigenvalue weighted by Crippen LogP contribution is 2.25. The summed E-state index contributed by atoms with van der Waals surface area (Å²) in [6.45, 7) is -0.457. The minimum atomic E-state index is -2.80. The van der Waals surface area contributed by atoms with Crippen molar-refractivity contribution in [2.24, 2.45) is 0 Å². The average molecular weight is 234 g/mol. The predicted octanol–water partition coefficient (Wildman–Crippen LogP) is 0.474. The number of rotatable bonds is 2. The van der Waals surface area contributed by atoms with Gasteiger partial charge >= 0.3 is 0 Å². The van der Waals surface area contributed by atoms with Gasteiger partial charge < -0.3 is 0 Å². The van der Waals surface area contributed by atoms with E-state index in [-0.39, 0.29) is 0 Å². The van der Waals surface area contributed by atoms with Crippen molar-refractivity contribution in [3.05, 3.63) is 5.51 Å². The molecule has 1 fully saturated rings. The molecule has 5 nitrogen and oxygen atoms in total. The van der Waals surface area contributed by atoms with E-state index in [1.807, 2.05) is 0 Å². The molecule has 2 rings (SSSR count). The van der Waals surface area contributed by atoms with Gasteiger partial charge in [0.15, 0.2) is 0 Å². The topological polar surface area (TPSA) is 66.9 Å². The molecule has 0 bridgehead atoms. The van der Waals surface area contributed by atoms with Crippen LogP contribution in [0.3, 0.4) is 0 Å². The van der Waals surface area contributed by atoms with E-state index in [2.05, 4.69) is 20.8 Å². The summed E-state index contributed by atoms with van der Waals surface area (Å²) in [6, 6.07) is -0.858. The molecule has 0 saturated carbocycles. The second kappa shape index (κ2) is 3.78. The van der Waals surface area contributed by atoms with E-state index in [1.54, 1.807) is 0 Å². The van der Waals surface area contributed by atoms with Crippen LogP contribution in [-0.4, -0.2) is 34.6 Å². The molecule has 0 radical (unpaired) electrons. The van der Waals surface area contributed by atoms with Crippen LogP contribution in [0.5, 0.6) is 0 Å². The van der Waals surface area contributed by atoms with Gasteiger partial charge in [0.05, 0.1) is 12.6 Å². The van der Waals surface area contributed by atoms with Gasteiger partial charge in [-0.05, 0) is 0 Å². The minimum absolute atomic E-state index is 0.317. The highest BCUT2D eigenvalue weighted by Gasteiger charge is 2.42. The summed E-state index contributed by atoms with van der Waals surface area (Å²) in [6.07, 6.45) is -0.475. The number of hydrogen-bond donors (Lipinski definition) is 2. The molecule has 1 amide bonds. The Balaban J connectivity index is 1.93. The summed E-state index contributed by atoms with van der Waals surface area (Å²) in [5, 5.41) is 12.3. The van der Waals surface area contributed by atoms with Gasteiger partial charge in [0.1, 0.15) is 5.51 Å². The highest BCUT2D eigenvalue weighted by atomic mass is 32.1. The number of carbonyl (C=O) groups excluding carboxylic acids is 1. The Kier molecular flexibility index (Phi) is 2.61. The zero-order chi connectivity index (χ0) is 10.9. The zero-order valence-corrected chi connectivity index (χ0v) is 8.35. The second-order valence-electron chi connectivity index (χ2n) is 3.23. The first-order chi connectivity index (χ1) is 7.07. The van der Waals surface area contributed by atoms with Gasteiger partial charge in [-0.1, -0.05) is 11.3 Å². The van der Waals surface area contributed by atoms with Crippen molar-refractivity contribution in [2.75, 3.05) is 11.9 Å². The first-order valence-corrected chi connectivity index (χ1v) is 5.13. The van der Waals surface area contributed by atoms with Gasteiger partial charge in [0.2, 0.25) is 11.0 Å². The molecule has 1 aromatic heterocycles. The van der Waals surface area contributed by atoms with Crippen molar-refractivity contribution in [3.63, 3.8) is 0 Å². The largest absolute Gasteiger partial charge is 0.300 e. The molecule has 2 heterocycles. The summed E-state index contributed by atoms with van der Waals surface area (Å²) < 4.78 is 25.5. The number of aromatic nitrogens is 2. The number of carbonyl (C=O) groups is 1. The third-order valence-electron chi connectivity index (χ3n) is 2.02. The number of amides is 1. The molecule has 1 aliphatic heterocycles. The molecule has 0 aromatic carbocycles. The molecule has 1 saturated heterocycles. The molecule has 82 valence electrons. The smallest absolute Gasteiger partial charge is 0.262 e. The first kappa shape index (κ1) is 10.4.